The summed E-state index contributed by atoms with van der Waals surface area (Å²) >= 11 is 0. The van der Waals surface area contributed by atoms with E-state index in [0.717, 1.165) is 5.56 Å². The molecular weight excluding hydrogens is 380 g/mol. The van der Waals surface area contributed by atoms with Crippen molar-refractivity contribution < 1.29 is 17.7 Å². The fourth-order valence-electron chi connectivity index (χ4n) is 3.01. The Hall–Kier alpha value is -3.06. The van der Waals surface area contributed by atoms with Gasteiger partial charge in [0.05, 0.1) is 29.7 Å². The van der Waals surface area contributed by atoms with Gasteiger partial charge >= 0.3 is 0 Å². The molecule has 0 aliphatic carbocycles. The van der Waals surface area contributed by atoms with E-state index in [2.05, 4.69) is 10.1 Å². The van der Waals surface area contributed by atoms with Crippen LogP contribution in [0.15, 0.2) is 64.0 Å². The van der Waals surface area contributed by atoms with Crippen molar-refractivity contribution in [2.75, 3.05) is 19.8 Å². The van der Waals surface area contributed by atoms with Crippen molar-refractivity contribution in [1.82, 2.24) is 14.4 Å². The molecule has 1 atom stereocenters. The van der Waals surface area contributed by atoms with Crippen LogP contribution in [0.3, 0.4) is 0 Å². The molecule has 9 heteroatoms. The topological polar surface area (TPSA) is 109 Å². The smallest absolute Gasteiger partial charge is 0.257 e. The minimum Gasteiger partial charge on any atom is -0.378 e. The molecule has 0 N–H and O–H groups in total. The number of hydrogen-bond donors (Lipinski definition) is 0. The molecule has 0 spiro atoms. The lowest BCUT2D eigenvalue weighted by atomic mass is 10.2. The number of ether oxygens (including phenoxy) is 1. The molecule has 0 bridgehead atoms. The highest BCUT2D eigenvalue weighted by Gasteiger charge is 2.38. The maximum absolute atomic E-state index is 13.2. The number of nitriles is 1. The van der Waals surface area contributed by atoms with Crippen LogP contribution in [0.2, 0.25) is 0 Å². The van der Waals surface area contributed by atoms with E-state index in [0.29, 0.717) is 5.89 Å². The van der Waals surface area contributed by atoms with Gasteiger partial charge < -0.3 is 9.26 Å². The van der Waals surface area contributed by atoms with Crippen LogP contribution in [0, 0.1) is 11.3 Å². The molecule has 1 unspecified atom stereocenters. The van der Waals surface area contributed by atoms with Crippen LogP contribution in [0.1, 0.15) is 17.4 Å². The minimum absolute atomic E-state index is 0.0465. The Balaban J connectivity index is 1.69. The third-order valence-corrected chi connectivity index (χ3v) is 6.31. The first kappa shape index (κ1) is 18.3. The van der Waals surface area contributed by atoms with E-state index >= 15 is 0 Å². The first-order valence-electron chi connectivity index (χ1n) is 8.58. The van der Waals surface area contributed by atoms with E-state index in [1.807, 2.05) is 36.4 Å². The Morgan fingerprint density at radius 2 is 1.96 bits per heavy atom. The van der Waals surface area contributed by atoms with Gasteiger partial charge in [0.15, 0.2) is 5.82 Å². The van der Waals surface area contributed by atoms with Crippen molar-refractivity contribution in [2.45, 2.75) is 10.9 Å². The summed E-state index contributed by atoms with van der Waals surface area (Å²) in [4.78, 5) is 4.43. The van der Waals surface area contributed by atoms with Gasteiger partial charge in [-0.3, -0.25) is 0 Å². The molecule has 0 amide bonds. The summed E-state index contributed by atoms with van der Waals surface area (Å²) in [5.74, 6) is 0.545. The third kappa shape index (κ3) is 3.41. The van der Waals surface area contributed by atoms with Crippen LogP contribution < -0.4 is 0 Å². The summed E-state index contributed by atoms with van der Waals surface area (Å²) in [5, 5.41) is 13.1. The van der Waals surface area contributed by atoms with Crippen molar-refractivity contribution in [3.63, 3.8) is 0 Å². The number of hydrogen-bond acceptors (Lipinski definition) is 7. The van der Waals surface area contributed by atoms with E-state index in [1.165, 1.54) is 16.4 Å². The Morgan fingerprint density at radius 3 is 2.75 bits per heavy atom. The van der Waals surface area contributed by atoms with Gasteiger partial charge in [0.1, 0.15) is 6.04 Å². The van der Waals surface area contributed by atoms with E-state index in [1.54, 1.807) is 12.1 Å². The molecule has 3 aromatic rings. The quantitative estimate of drug-likeness (QED) is 0.666. The second-order valence-corrected chi connectivity index (χ2v) is 8.06. The zero-order valence-electron chi connectivity index (χ0n) is 14.7. The van der Waals surface area contributed by atoms with Crippen molar-refractivity contribution in [3.8, 4) is 17.5 Å². The molecule has 1 aliphatic rings. The SMILES string of the molecule is N#Cc1cccc(S(=O)(=O)N2CCOCC2c2noc(-c3ccccc3)n2)c1. The Morgan fingerprint density at radius 1 is 1.14 bits per heavy atom. The first-order valence-corrected chi connectivity index (χ1v) is 10.0. The summed E-state index contributed by atoms with van der Waals surface area (Å²) in [6.07, 6.45) is 0. The number of morpholine rings is 1. The fraction of sp³-hybridized carbons (Fsp3) is 0.211. The maximum Gasteiger partial charge on any atom is 0.257 e. The number of benzene rings is 2. The summed E-state index contributed by atoms with van der Waals surface area (Å²) < 4.78 is 38.5. The molecule has 1 saturated heterocycles. The molecule has 8 nitrogen and oxygen atoms in total. The molecule has 1 aromatic heterocycles. The molecule has 0 saturated carbocycles. The highest BCUT2D eigenvalue weighted by atomic mass is 32.2. The summed E-state index contributed by atoms with van der Waals surface area (Å²) in [7, 11) is -3.87. The second kappa shape index (κ2) is 7.52. The zero-order valence-corrected chi connectivity index (χ0v) is 15.5. The fourth-order valence-corrected chi connectivity index (χ4v) is 4.61. The predicted molar refractivity (Wildman–Crippen MR) is 98.3 cm³/mol. The van der Waals surface area contributed by atoms with Crippen molar-refractivity contribution >= 4 is 10.0 Å². The average molecular weight is 396 g/mol. The van der Waals surface area contributed by atoms with Crippen LogP contribution in [-0.4, -0.2) is 42.6 Å². The second-order valence-electron chi connectivity index (χ2n) is 6.17. The minimum atomic E-state index is -3.87. The standard InChI is InChI=1S/C19H16N4O4S/c20-12-14-5-4-8-16(11-14)28(24,25)23-9-10-26-13-17(23)18-21-19(27-22-18)15-6-2-1-3-7-15/h1-8,11,17H,9-10,13H2. The Bertz CT molecular complexity index is 1120. The van der Waals surface area contributed by atoms with Crippen molar-refractivity contribution in [3.05, 3.63) is 66.0 Å². The van der Waals surface area contributed by atoms with Crippen LogP contribution in [-0.2, 0) is 14.8 Å². The lowest BCUT2D eigenvalue weighted by Crippen LogP contribution is -2.43. The lowest BCUT2D eigenvalue weighted by molar-refractivity contribution is 0.0282. The first-order chi connectivity index (χ1) is 13.6. The molecule has 1 fully saturated rings. The van der Waals surface area contributed by atoms with Gasteiger partial charge in [0.2, 0.25) is 10.0 Å². The summed E-state index contributed by atoms with van der Waals surface area (Å²) in [6.45, 7) is 0.529. The van der Waals surface area contributed by atoms with Crippen LogP contribution in [0.4, 0.5) is 0 Å². The molecule has 4 rings (SSSR count). The van der Waals surface area contributed by atoms with Gasteiger partial charge in [-0.05, 0) is 30.3 Å². The lowest BCUT2D eigenvalue weighted by Gasteiger charge is -2.32. The van der Waals surface area contributed by atoms with Gasteiger partial charge in [-0.15, -0.1) is 0 Å². The van der Waals surface area contributed by atoms with Gasteiger partial charge in [-0.2, -0.15) is 14.6 Å². The van der Waals surface area contributed by atoms with Crippen LogP contribution >= 0.6 is 0 Å². The van der Waals surface area contributed by atoms with Gasteiger partial charge in [-0.25, -0.2) is 8.42 Å². The number of nitrogens with zero attached hydrogens (tertiary/aromatic N) is 4. The molecule has 0 radical (unpaired) electrons. The highest BCUT2D eigenvalue weighted by Crippen LogP contribution is 2.30. The van der Waals surface area contributed by atoms with Gasteiger partial charge in [0, 0.05) is 12.1 Å². The zero-order chi connectivity index (χ0) is 19.6. The molecule has 28 heavy (non-hydrogen) atoms. The monoisotopic (exact) mass is 396 g/mol. The molecule has 1 aliphatic heterocycles. The van der Waals surface area contributed by atoms with E-state index in [4.69, 9.17) is 14.5 Å². The maximum atomic E-state index is 13.2. The highest BCUT2D eigenvalue weighted by molar-refractivity contribution is 7.89. The molecule has 142 valence electrons. The number of rotatable bonds is 4. The molecule has 2 aromatic carbocycles. The Kier molecular flexibility index (Phi) is 4.92. The number of sulfonamides is 1. The molecule has 2 heterocycles. The van der Waals surface area contributed by atoms with E-state index < -0.39 is 16.1 Å². The Labute approximate surface area is 162 Å². The van der Waals surface area contributed by atoms with Gasteiger partial charge in [0.25, 0.3) is 5.89 Å². The molecular formula is C19H16N4O4S. The average Bonchev–Trinajstić information content (AvgIpc) is 3.24. The normalized spacial score (nSPS) is 17.9. The summed E-state index contributed by atoms with van der Waals surface area (Å²) in [6, 6.07) is 16.4. The van der Waals surface area contributed by atoms with Gasteiger partial charge in [-0.1, -0.05) is 29.4 Å². The van der Waals surface area contributed by atoms with Crippen LogP contribution in [0.5, 0.6) is 0 Å². The van der Waals surface area contributed by atoms with E-state index in [-0.39, 0.29) is 36.0 Å². The van der Waals surface area contributed by atoms with Crippen molar-refractivity contribution in [1.29, 1.82) is 5.26 Å². The summed E-state index contributed by atoms with van der Waals surface area (Å²) in [5.41, 5.74) is 1.02. The number of aromatic nitrogens is 2. The van der Waals surface area contributed by atoms with Crippen molar-refractivity contribution in [2.24, 2.45) is 0 Å². The third-order valence-electron chi connectivity index (χ3n) is 4.41. The largest absolute Gasteiger partial charge is 0.378 e. The predicted octanol–water partition coefficient (Wildman–Crippen LogP) is 2.37. The van der Waals surface area contributed by atoms with E-state index in [9.17, 15) is 8.42 Å². The van der Waals surface area contributed by atoms with Crippen LogP contribution in [0.25, 0.3) is 11.5 Å².